The van der Waals surface area contributed by atoms with Crippen molar-refractivity contribution in [2.75, 3.05) is 6.54 Å². The third-order valence-electron chi connectivity index (χ3n) is 2.71. The summed E-state index contributed by atoms with van der Waals surface area (Å²) in [7, 11) is 0. The Bertz CT molecular complexity index is 540. The van der Waals surface area contributed by atoms with E-state index in [0.717, 1.165) is 10.8 Å². The first-order valence-electron chi connectivity index (χ1n) is 6.38. The standard InChI is InChI=1S/C13H17ClN4OS/c1-10(8-18-7-6-15-9-18)17-13(19)16-5-4-11-2-3-12(14)20-11/h2-3,6-7,9-10H,4-5,8H2,1H3,(H2,16,17,19)/t10-/m1/s1. The maximum absolute atomic E-state index is 11.7. The molecule has 0 saturated carbocycles. The molecule has 0 aromatic carbocycles. The van der Waals surface area contributed by atoms with E-state index in [1.165, 1.54) is 16.2 Å². The Morgan fingerprint density at radius 2 is 2.40 bits per heavy atom. The smallest absolute Gasteiger partial charge is 0.315 e. The van der Waals surface area contributed by atoms with E-state index in [-0.39, 0.29) is 12.1 Å². The summed E-state index contributed by atoms with van der Waals surface area (Å²) >= 11 is 7.39. The summed E-state index contributed by atoms with van der Waals surface area (Å²) in [5.74, 6) is 0. The van der Waals surface area contributed by atoms with Gasteiger partial charge in [-0.3, -0.25) is 0 Å². The fraction of sp³-hybridized carbons (Fsp3) is 0.385. The van der Waals surface area contributed by atoms with E-state index >= 15 is 0 Å². The number of nitrogens with one attached hydrogen (secondary N) is 2. The summed E-state index contributed by atoms with van der Waals surface area (Å²) in [6.07, 6.45) is 6.12. The number of urea groups is 1. The van der Waals surface area contributed by atoms with Gasteiger partial charge >= 0.3 is 6.03 Å². The van der Waals surface area contributed by atoms with Crippen LogP contribution < -0.4 is 10.6 Å². The van der Waals surface area contributed by atoms with Crippen LogP contribution in [0.25, 0.3) is 0 Å². The van der Waals surface area contributed by atoms with Gasteiger partial charge < -0.3 is 15.2 Å². The normalized spacial score (nSPS) is 12.1. The third kappa shape index (κ3) is 4.86. The number of rotatable bonds is 6. The van der Waals surface area contributed by atoms with E-state index in [1.807, 2.05) is 29.8 Å². The van der Waals surface area contributed by atoms with Gasteiger partial charge in [0.05, 0.1) is 10.7 Å². The number of aromatic nitrogens is 2. The number of imidazole rings is 1. The summed E-state index contributed by atoms with van der Waals surface area (Å²) in [6, 6.07) is 3.74. The lowest BCUT2D eigenvalue weighted by Gasteiger charge is -2.14. The van der Waals surface area contributed by atoms with Gasteiger partial charge in [0, 0.05) is 36.4 Å². The van der Waals surface area contributed by atoms with Crippen molar-refractivity contribution in [1.82, 2.24) is 20.2 Å². The highest BCUT2D eigenvalue weighted by Gasteiger charge is 2.07. The number of carbonyl (C=O) groups is 1. The molecule has 0 aliphatic carbocycles. The predicted molar refractivity (Wildman–Crippen MR) is 81.3 cm³/mol. The number of hydrogen-bond acceptors (Lipinski definition) is 3. The Hall–Kier alpha value is -1.53. The van der Waals surface area contributed by atoms with Crippen LogP contribution in [0.4, 0.5) is 4.79 Å². The van der Waals surface area contributed by atoms with Crippen LogP contribution in [0.15, 0.2) is 30.9 Å². The highest BCUT2D eigenvalue weighted by Crippen LogP contribution is 2.21. The van der Waals surface area contributed by atoms with Crippen molar-refractivity contribution in [2.24, 2.45) is 0 Å². The molecule has 2 rings (SSSR count). The lowest BCUT2D eigenvalue weighted by Crippen LogP contribution is -2.43. The molecule has 0 saturated heterocycles. The second-order valence-corrected chi connectivity index (χ2v) is 6.32. The minimum atomic E-state index is -0.153. The molecule has 0 aliphatic rings. The van der Waals surface area contributed by atoms with Gasteiger partial charge in [0.2, 0.25) is 0 Å². The van der Waals surface area contributed by atoms with Gasteiger partial charge in [-0.05, 0) is 25.5 Å². The van der Waals surface area contributed by atoms with Crippen LogP contribution in [0.3, 0.4) is 0 Å². The molecule has 2 heterocycles. The lowest BCUT2D eigenvalue weighted by atomic mass is 10.3. The van der Waals surface area contributed by atoms with Crippen LogP contribution in [-0.2, 0) is 13.0 Å². The third-order valence-corrected chi connectivity index (χ3v) is 4.00. The number of amides is 2. The molecule has 2 aromatic heterocycles. The molecule has 5 nitrogen and oxygen atoms in total. The van der Waals surface area contributed by atoms with Crippen molar-refractivity contribution in [3.05, 3.63) is 40.1 Å². The SMILES string of the molecule is C[C@H](Cn1ccnc1)NC(=O)NCCc1ccc(Cl)s1. The van der Waals surface area contributed by atoms with Gasteiger partial charge in [-0.2, -0.15) is 0 Å². The Kier molecular flexibility index (Phi) is 5.43. The largest absolute Gasteiger partial charge is 0.338 e. The molecule has 7 heteroatoms. The van der Waals surface area contributed by atoms with Crippen LogP contribution >= 0.6 is 22.9 Å². The average molecular weight is 313 g/mol. The van der Waals surface area contributed by atoms with Crippen molar-refractivity contribution in [3.8, 4) is 0 Å². The highest BCUT2D eigenvalue weighted by atomic mass is 35.5. The maximum Gasteiger partial charge on any atom is 0.315 e. The fourth-order valence-corrected chi connectivity index (χ4v) is 2.90. The van der Waals surface area contributed by atoms with Crippen molar-refractivity contribution in [2.45, 2.75) is 25.9 Å². The predicted octanol–water partition coefficient (Wildman–Crippen LogP) is 2.53. The molecule has 0 spiro atoms. The fourth-order valence-electron chi connectivity index (χ4n) is 1.82. The van der Waals surface area contributed by atoms with E-state index in [0.29, 0.717) is 13.1 Å². The van der Waals surface area contributed by atoms with Gasteiger partial charge in [0.15, 0.2) is 0 Å². The monoisotopic (exact) mass is 312 g/mol. The van der Waals surface area contributed by atoms with Crippen molar-refractivity contribution in [1.29, 1.82) is 0 Å². The minimum Gasteiger partial charge on any atom is -0.338 e. The zero-order chi connectivity index (χ0) is 14.4. The van der Waals surface area contributed by atoms with Crippen molar-refractivity contribution >= 4 is 29.0 Å². The molecule has 2 amide bonds. The number of thiophene rings is 1. The zero-order valence-electron chi connectivity index (χ0n) is 11.2. The van der Waals surface area contributed by atoms with E-state index in [9.17, 15) is 4.79 Å². The van der Waals surface area contributed by atoms with Crippen LogP contribution in [-0.4, -0.2) is 28.2 Å². The Morgan fingerprint density at radius 1 is 1.55 bits per heavy atom. The summed E-state index contributed by atoms with van der Waals surface area (Å²) in [6.45, 7) is 3.26. The first-order chi connectivity index (χ1) is 9.63. The number of carbonyl (C=O) groups excluding carboxylic acids is 1. The van der Waals surface area contributed by atoms with Gasteiger partial charge in [-0.15, -0.1) is 11.3 Å². The van der Waals surface area contributed by atoms with Crippen LogP contribution in [0.2, 0.25) is 4.34 Å². The lowest BCUT2D eigenvalue weighted by molar-refractivity contribution is 0.236. The Morgan fingerprint density at radius 3 is 3.05 bits per heavy atom. The first kappa shape index (κ1) is 14.9. The molecular weight excluding hydrogens is 296 g/mol. The topological polar surface area (TPSA) is 59.0 Å². The van der Waals surface area contributed by atoms with Gasteiger partial charge in [-0.1, -0.05) is 11.6 Å². The molecule has 0 radical (unpaired) electrons. The molecule has 0 aliphatic heterocycles. The Balaban J connectivity index is 1.64. The van der Waals surface area contributed by atoms with Crippen molar-refractivity contribution < 1.29 is 4.79 Å². The molecule has 108 valence electrons. The quantitative estimate of drug-likeness (QED) is 0.861. The molecule has 2 N–H and O–H groups in total. The average Bonchev–Trinajstić information content (AvgIpc) is 3.01. The van der Waals surface area contributed by atoms with E-state index in [1.54, 1.807) is 12.5 Å². The minimum absolute atomic E-state index is 0.0420. The van der Waals surface area contributed by atoms with E-state index < -0.39 is 0 Å². The van der Waals surface area contributed by atoms with Crippen LogP contribution in [0.5, 0.6) is 0 Å². The van der Waals surface area contributed by atoms with Gasteiger partial charge in [0.1, 0.15) is 0 Å². The van der Waals surface area contributed by atoms with Gasteiger partial charge in [0.25, 0.3) is 0 Å². The first-order valence-corrected chi connectivity index (χ1v) is 7.57. The number of hydrogen-bond donors (Lipinski definition) is 2. The second-order valence-electron chi connectivity index (χ2n) is 4.52. The molecule has 20 heavy (non-hydrogen) atoms. The number of nitrogens with zero attached hydrogens (tertiary/aromatic N) is 2. The van der Waals surface area contributed by atoms with Crippen LogP contribution in [0.1, 0.15) is 11.8 Å². The second kappa shape index (κ2) is 7.31. The van der Waals surface area contributed by atoms with Crippen molar-refractivity contribution in [3.63, 3.8) is 0 Å². The number of halogens is 1. The Labute approximate surface area is 127 Å². The molecule has 0 unspecified atom stereocenters. The van der Waals surface area contributed by atoms with E-state index in [2.05, 4.69) is 15.6 Å². The molecule has 2 aromatic rings. The summed E-state index contributed by atoms with van der Waals surface area (Å²) < 4.78 is 2.71. The summed E-state index contributed by atoms with van der Waals surface area (Å²) in [5.41, 5.74) is 0. The summed E-state index contributed by atoms with van der Waals surface area (Å²) in [5, 5.41) is 5.73. The maximum atomic E-state index is 11.7. The summed E-state index contributed by atoms with van der Waals surface area (Å²) in [4.78, 5) is 16.8. The molecular formula is C13H17ClN4OS. The zero-order valence-corrected chi connectivity index (χ0v) is 12.7. The molecule has 0 fully saturated rings. The molecule has 0 bridgehead atoms. The highest BCUT2D eigenvalue weighted by molar-refractivity contribution is 7.16. The van der Waals surface area contributed by atoms with Crippen LogP contribution in [0, 0.1) is 0 Å². The molecule has 1 atom stereocenters. The van der Waals surface area contributed by atoms with E-state index in [4.69, 9.17) is 11.6 Å². The van der Waals surface area contributed by atoms with Gasteiger partial charge in [-0.25, -0.2) is 9.78 Å².